The highest BCUT2D eigenvalue weighted by atomic mass is 16.5. The molecule has 0 aromatic carbocycles. The van der Waals surface area contributed by atoms with Gasteiger partial charge in [0.2, 0.25) is 0 Å². The zero-order valence-corrected chi connectivity index (χ0v) is 11.4. The van der Waals surface area contributed by atoms with E-state index in [0.717, 1.165) is 44.5 Å². The summed E-state index contributed by atoms with van der Waals surface area (Å²) in [5, 5.41) is 3.49. The fraction of sp³-hybridized carbons (Fsp3) is 0.714. The van der Waals surface area contributed by atoms with Crippen LogP contribution in [0.3, 0.4) is 0 Å². The summed E-state index contributed by atoms with van der Waals surface area (Å²) >= 11 is 0. The first-order chi connectivity index (χ1) is 8.78. The molecule has 1 aromatic heterocycles. The molecule has 1 saturated carbocycles. The number of methoxy groups -OCH3 is 1. The smallest absolute Gasteiger partial charge is 0.118 e. The maximum absolute atomic E-state index is 5.58. The van der Waals surface area contributed by atoms with Crippen LogP contribution in [0.2, 0.25) is 0 Å². The van der Waals surface area contributed by atoms with Crippen LogP contribution in [0, 0.1) is 0 Å². The van der Waals surface area contributed by atoms with Crippen LogP contribution in [0.1, 0.15) is 30.6 Å². The van der Waals surface area contributed by atoms with Gasteiger partial charge in [-0.25, -0.2) is 0 Å². The first kappa shape index (κ1) is 13.6. The van der Waals surface area contributed by atoms with E-state index in [4.69, 9.17) is 9.15 Å². The Morgan fingerprint density at radius 2 is 2.33 bits per heavy atom. The Bertz CT molecular complexity index is 347. The van der Waals surface area contributed by atoms with Crippen LogP contribution in [0.25, 0.3) is 0 Å². The zero-order valence-electron chi connectivity index (χ0n) is 11.4. The number of nitrogens with one attached hydrogen (secondary N) is 1. The number of ether oxygens (including phenoxy) is 1. The van der Waals surface area contributed by atoms with E-state index >= 15 is 0 Å². The lowest BCUT2D eigenvalue weighted by molar-refractivity contribution is 0.176. The molecule has 1 aliphatic carbocycles. The third kappa shape index (κ3) is 4.80. The van der Waals surface area contributed by atoms with Crippen molar-refractivity contribution in [1.82, 2.24) is 10.2 Å². The van der Waals surface area contributed by atoms with Crippen LogP contribution in [0.4, 0.5) is 0 Å². The molecule has 102 valence electrons. The Morgan fingerprint density at radius 1 is 1.50 bits per heavy atom. The van der Waals surface area contributed by atoms with Gasteiger partial charge in [-0.05, 0) is 32.4 Å². The van der Waals surface area contributed by atoms with Gasteiger partial charge in [-0.2, -0.15) is 0 Å². The lowest BCUT2D eigenvalue weighted by atomic mass is 10.3. The summed E-state index contributed by atoms with van der Waals surface area (Å²) in [6.45, 7) is 3.65. The average Bonchev–Trinajstić information content (AvgIpc) is 3.08. The van der Waals surface area contributed by atoms with Gasteiger partial charge >= 0.3 is 0 Å². The molecule has 0 saturated heterocycles. The molecule has 1 aliphatic rings. The van der Waals surface area contributed by atoms with Crippen molar-refractivity contribution in [1.29, 1.82) is 0 Å². The Morgan fingerprint density at radius 3 is 3.06 bits per heavy atom. The van der Waals surface area contributed by atoms with E-state index in [1.165, 1.54) is 18.4 Å². The molecule has 0 atom stereocenters. The van der Waals surface area contributed by atoms with E-state index < -0.39 is 0 Å². The van der Waals surface area contributed by atoms with Gasteiger partial charge in [0.15, 0.2) is 0 Å². The van der Waals surface area contributed by atoms with Crippen molar-refractivity contribution in [2.45, 2.75) is 38.4 Å². The summed E-state index contributed by atoms with van der Waals surface area (Å²) in [7, 11) is 3.85. The standard InChI is InChI=1S/C14H24N2O2/c1-16(6-3-7-17-2)10-14-8-12(11-18-14)9-15-13-4-5-13/h8,11,13,15H,3-7,9-10H2,1-2H3. The number of hydrogen-bond donors (Lipinski definition) is 1. The molecule has 4 heteroatoms. The Hall–Kier alpha value is -0.840. The highest BCUT2D eigenvalue weighted by Gasteiger charge is 2.20. The van der Waals surface area contributed by atoms with Gasteiger partial charge in [-0.1, -0.05) is 0 Å². The lowest BCUT2D eigenvalue weighted by Crippen LogP contribution is -2.19. The molecule has 18 heavy (non-hydrogen) atoms. The summed E-state index contributed by atoms with van der Waals surface area (Å²) in [5.74, 6) is 1.04. The van der Waals surface area contributed by atoms with Crippen molar-refractivity contribution in [3.63, 3.8) is 0 Å². The summed E-state index contributed by atoms with van der Waals surface area (Å²) in [4.78, 5) is 2.26. The summed E-state index contributed by atoms with van der Waals surface area (Å²) in [5.41, 5.74) is 1.25. The monoisotopic (exact) mass is 252 g/mol. The van der Waals surface area contributed by atoms with Crippen molar-refractivity contribution in [3.05, 3.63) is 23.7 Å². The third-order valence-corrected chi connectivity index (χ3v) is 3.19. The van der Waals surface area contributed by atoms with Crippen molar-refractivity contribution in [2.24, 2.45) is 0 Å². The minimum absolute atomic E-state index is 0.750. The van der Waals surface area contributed by atoms with Gasteiger partial charge in [0.25, 0.3) is 0 Å². The Kier molecular flexibility index (Phi) is 5.23. The predicted octanol–water partition coefficient (Wildman–Crippen LogP) is 2.00. The second-order valence-electron chi connectivity index (χ2n) is 5.16. The first-order valence-corrected chi connectivity index (χ1v) is 6.75. The van der Waals surface area contributed by atoms with Crippen LogP contribution in [-0.2, 0) is 17.8 Å². The molecule has 2 rings (SSSR count). The van der Waals surface area contributed by atoms with Gasteiger partial charge in [-0.3, -0.25) is 4.90 Å². The summed E-state index contributed by atoms with van der Waals surface area (Å²) < 4.78 is 10.6. The molecule has 1 heterocycles. The van der Waals surface area contributed by atoms with E-state index in [0.29, 0.717) is 0 Å². The largest absolute Gasteiger partial charge is 0.468 e. The molecule has 0 unspecified atom stereocenters. The number of hydrogen-bond acceptors (Lipinski definition) is 4. The van der Waals surface area contributed by atoms with Gasteiger partial charge in [-0.15, -0.1) is 0 Å². The van der Waals surface area contributed by atoms with Crippen LogP contribution < -0.4 is 5.32 Å². The van der Waals surface area contributed by atoms with Gasteiger partial charge in [0.1, 0.15) is 5.76 Å². The molecule has 0 spiro atoms. The molecule has 4 nitrogen and oxygen atoms in total. The second kappa shape index (κ2) is 6.92. The van der Waals surface area contributed by atoms with Crippen molar-refractivity contribution in [2.75, 3.05) is 27.3 Å². The zero-order chi connectivity index (χ0) is 12.8. The van der Waals surface area contributed by atoms with Gasteiger partial charge in [0.05, 0.1) is 12.8 Å². The normalized spacial score (nSPS) is 15.5. The third-order valence-electron chi connectivity index (χ3n) is 3.19. The maximum Gasteiger partial charge on any atom is 0.118 e. The molecule has 0 radical (unpaired) electrons. The highest BCUT2D eigenvalue weighted by molar-refractivity contribution is 5.13. The van der Waals surface area contributed by atoms with Gasteiger partial charge < -0.3 is 14.5 Å². The van der Waals surface area contributed by atoms with E-state index in [-0.39, 0.29) is 0 Å². The number of furan rings is 1. The average molecular weight is 252 g/mol. The van der Waals surface area contributed by atoms with Gasteiger partial charge in [0, 0.05) is 38.4 Å². The molecule has 0 bridgehead atoms. The highest BCUT2D eigenvalue weighted by Crippen LogP contribution is 2.19. The Balaban J connectivity index is 1.67. The topological polar surface area (TPSA) is 37.6 Å². The fourth-order valence-electron chi connectivity index (χ4n) is 1.98. The maximum atomic E-state index is 5.58. The molecule has 0 amide bonds. The van der Waals surface area contributed by atoms with E-state index in [1.807, 2.05) is 6.26 Å². The Labute approximate surface area is 109 Å². The quantitative estimate of drug-likeness (QED) is 0.682. The molecule has 1 aromatic rings. The molecule has 1 fully saturated rings. The second-order valence-corrected chi connectivity index (χ2v) is 5.16. The predicted molar refractivity (Wildman–Crippen MR) is 71.4 cm³/mol. The molecule has 0 aliphatic heterocycles. The van der Waals surface area contributed by atoms with Crippen molar-refractivity contribution in [3.8, 4) is 0 Å². The lowest BCUT2D eigenvalue weighted by Gasteiger charge is -2.14. The van der Waals surface area contributed by atoms with Crippen molar-refractivity contribution < 1.29 is 9.15 Å². The number of nitrogens with zero attached hydrogens (tertiary/aromatic N) is 1. The van der Waals surface area contributed by atoms with Crippen molar-refractivity contribution >= 4 is 0 Å². The minimum atomic E-state index is 0.750. The number of rotatable bonds is 9. The van der Waals surface area contributed by atoms with Crippen LogP contribution in [-0.4, -0.2) is 38.3 Å². The van der Waals surface area contributed by atoms with E-state index in [9.17, 15) is 0 Å². The van der Waals surface area contributed by atoms with Crippen LogP contribution in [0.15, 0.2) is 16.7 Å². The minimum Gasteiger partial charge on any atom is -0.468 e. The molecule has 1 N–H and O–H groups in total. The molecular weight excluding hydrogens is 228 g/mol. The summed E-state index contributed by atoms with van der Waals surface area (Å²) in [6, 6.07) is 2.91. The van der Waals surface area contributed by atoms with Crippen LogP contribution in [0.5, 0.6) is 0 Å². The SMILES string of the molecule is COCCCN(C)Cc1cc(CNC2CC2)co1. The van der Waals surface area contributed by atoms with E-state index in [2.05, 4.69) is 23.3 Å². The van der Waals surface area contributed by atoms with E-state index in [1.54, 1.807) is 7.11 Å². The fourth-order valence-corrected chi connectivity index (χ4v) is 1.98. The van der Waals surface area contributed by atoms with Crippen LogP contribution >= 0.6 is 0 Å². The summed E-state index contributed by atoms with van der Waals surface area (Å²) in [6.07, 6.45) is 5.58. The first-order valence-electron chi connectivity index (χ1n) is 6.75. The molecular formula is C14H24N2O2.